The second-order valence-corrected chi connectivity index (χ2v) is 6.91. The van der Waals surface area contributed by atoms with Gasteiger partial charge in [-0.15, -0.1) is 0 Å². The highest BCUT2D eigenvalue weighted by atomic mass is 16.7. The molecule has 1 atom stereocenters. The van der Waals surface area contributed by atoms with Crippen LogP contribution < -0.4 is 24.3 Å². The Morgan fingerprint density at radius 1 is 0.931 bits per heavy atom. The summed E-state index contributed by atoms with van der Waals surface area (Å²) in [5.41, 5.74) is 1.60. The van der Waals surface area contributed by atoms with Crippen LogP contribution in [-0.4, -0.2) is 25.3 Å². The van der Waals surface area contributed by atoms with Gasteiger partial charge in [-0.25, -0.2) is 0 Å². The van der Waals surface area contributed by atoms with E-state index in [1.54, 1.807) is 18.2 Å². The molecule has 3 aromatic rings. The fourth-order valence-electron chi connectivity index (χ4n) is 3.45. The van der Waals surface area contributed by atoms with Crippen LogP contribution in [0.3, 0.4) is 0 Å². The van der Waals surface area contributed by atoms with Gasteiger partial charge in [0.2, 0.25) is 6.79 Å². The van der Waals surface area contributed by atoms with Crippen molar-refractivity contribution in [3.63, 3.8) is 0 Å². The highest BCUT2D eigenvalue weighted by Gasteiger charge is 2.24. The molecule has 2 aliphatic rings. The van der Waals surface area contributed by atoms with Crippen LogP contribution in [0.5, 0.6) is 28.7 Å². The largest absolute Gasteiger partial charge is 0.488 e. The van der Waals surface area contributed by atoms with Crippen molar-refractivity contribution in [1.29, 1.82) is 0 Å². The quantitative estimate of drug-likeness (QED) is 0.716. The molecule has 6 heteroatoms. The van der Waals surface area contributed by atoms with Crippen LogP contribution in [0.25, 0.3) is 0 Å². The summed E-state index contributed by atoms with van der Waals surface area (Å²) < 4.78 is 22.4. The molecule has 29 heavy (non-hydrogen) atoms. The Morgan fingerprint density at radius 2 is 1.76 bits per heavy atom. The highest BCUT2D eigenvalue weighted by Crippen LogP contribution is 2.34. The van der Waals surface area contributed by atoms with E-state index in [4.69, 9.17) is 18.9 Å². The average Bonchev–Trinajstić information content (AvgIpc) is 3.38. The van der Waals surface area contributed by atoms with Gasteiger partial charge in [-0.1, -0.05) is 18.2 Å². The average molecular weight is 389 g/mol. The third-order valence-corrected chi connectivity index (χ3v) is 4.88. The lowest BCUT2D eigenvalue weighted by Gasteiger charge is -2.12. The minimum Gasteiger partial charge on any atom is -0.488 e. The van der Waals surface area contributed by atoms with E-state index in [9.17, 15) is 4.79 Å². The number of para-hydroxylation sites is 1. The van der Waals surface area contributed by atoms with Gasteiger partial charge < -0.3 is 24.3 Å². The summed E-state index contributed by atoms with van der Waals surface area (Å²) in [6.45, 7) is 0.599. The van der Waals surface area contributed by atoms with Crippen molar-refractivity contribution >= 4 is 5.91 Å². The first-order valence-electron chi connectivity index (χ1n) is 9.45. The van der Waals surface area contributed by atoms with E-state index in [0.717, 1.165) is 22.8 Å². The fourth-order valence-corrected chi connectivity index (χ4v) is 3.45. The van der Waals surface area contributed by atoms with Crippen LogP contribution in [0, 0.1) is 0 Å². The van der Waals surface area contributed by atoms with E-state index >= 15 is 0 Å². The summed E-state index contributed by atoms with van der Waals surface area (Å²) in [5.74, 6) is 3.46. The van der Waals surface area contributed by atoms with E-state index in [1.807, 2.05) is 48.5 Å². The van der Waals surface area contributed by atoms with E-state index < -0.39 is 0 Å². The van der Waals surface area contributed by atoms with Crippen molar-refractivity contribution in [2.24, 2.45) is 0 Å². The molecule has 5 rings (SSSR count). The zero-order chi connectivity index (χ0) is 19.6. The van der Waals surface area contributed by atoms with Gasteiger partial charge in [-0.05, 0) is 48.5 Å². The van der Waals surface area contributed by atoms with Crippen molar-refractivity contribution in [3.8, 4) is 28.7 Å². The van der Waals surface area contributed by atoms with Crippen LogP contribution in [0.1, 0.15) is 15.9 Å². The molecule has 2 heterocycles. The van der Waals surface area contributed by atoms with Gasteiger partial charge in [-0.3, -0.25) is 4.79 Å². The number of ether oxygens (including phenoxy) is 4. The van der Waals surface area contributed by atoms with E-state index in [0.29, 0.717) is 30.0 Å². The smallest absolute Gasteiger partial charge is 0.251 e. The summed E-state index contributed by atoms with van der Waals surface area (Å²) in [7, 11) is 0. The van der Waals surface area contributed by atoms with E-state index in [1.165, 1.54) is 0 Å². The summed E-state index contributed by atoms with van der Waals surface area (Å²) in [5, 5.41) is 2.93. The summed E-state index contributed by atoms with van der Waals surface area (Å²) in [6, 6.07) is 20.6. The topological polar surface area (TPSA) is 66.0 Å². The molecule has 0 saturated carbocycles. The van der Waals surface area contributed by atoms with Gasteiger partial charge in [0.1, 0.15) is 23.4 Å². The van der Waals surface area contributed by atoms with Crippen LogP contribution in [-0.2, 0) is 6.42 Å². The molecule has 146 valence electrons. The minimum atomic E-state index is -0.170. The molecule has 0 saturated heterocycles. The number of amides is 1. The SMILES string of the molecule is O=C(NCC1Cc2cc(Oc3ccccc3)ccc2O1)c1ccc2c(c1)OCO2. The third kappa shape index (κ3) is 3.69. The predicted molar refractivity (Wildman–Crippen MR) is 106 cm³/mol. The molecule has 3 aromatic carbocycles. The van der Waals surface area contributed by atoms with Gasteiger partial charge in [0.15, 0.2) is 11.5 Å². The first-order valence-corrected chi connectivity index (χ1v) is 9.45. The van der Waals surface area contributed by atoms with Crippen LogP contribution in [0.2, 0.25) is 0 Å². The molecular weight excluding hydrogens is 370 g/mol. The lowest BCUT2D eigenvalue weighted by atomic mass is 10.1. The lowest BCUT2D eigenvalue weighted by molar-refractivity contribution is 0.0933. The maximum atomic E-state index is 12.4. The monoisotopic (exact) mass is 389 g/mol. The molecule has 0 aromatic heterocycles. The number of nitrogens with one attached hydrogen (secondary N) is 1. The lowest BCUT2D eigenvalue weighted by Crippen LogP contribution is -2.34. The van der Waals surface area contributed by atoms with Gasteiger partial charge in [0, 0.05) is 17.5 Å². The molecule has 0 radical (unpaired) electrons. The minimum absolute atomic E-state index is 0.116. The van der Waals surface area contributed by atoms with Gasteiger partial charge in [-0.2, -0.15) is 0 Å². The van der Waals surface area contributed by atoms with Crippen molar-refractivity contribution in [2.45, 2.75) is 12.5 Å². The molecule has 0 aliphatic carbocycles. The molecule has 0 fully saturated rings. The Morgan fingerprint density at radius 3 is 2.66 bits per heavy atom. The first kappa shape index (κ1) is 17.4. The Hall–Kier alpha value is -3.67. The number of hydrogen-bond donors (Lipinski definition) is 1. The standard InChI is InChI=1S/C23H19NO5/c25-23(15-6-8-21-22(12-15)27-14-26-21)24-13-19-11-16-10-18(7-9-20(16)29-19)28-17-4-2-1-3-5-17/h1-10,12,19H,11,13-14H2,(H,24,25). The molecule has 6 nitrogen and oxygen atoms in total. The van der Waals surface area contributed by atoms with Crippen LogP contribution in [0.4, 0.5) is 0 Å². The molecular formula is C23H19NO5. The maximum Gasteiger partial charge on any atom is 0.251 e. The Balaban J connectivity index is 1.19. The van der Waals surface area contributed by atoms with Gasteiger partial charge >= 0.3 is 0 Å². The molecule has 1 N–H and O–H groups in total. The zero-order valence-electron chi connectivity index (χ0n) is 15.6. The van der Waals surface area contributed by atoms with Crippen LogP contribution in [0.15, 0.2) is 66.7 Å². The number of rotatable bonds is 5. The van der Waals surface area contributed by atoms with E-state index in [2.05, 4.69) is 5.32 Å². The molecule has 1 amide bonds. The Labute approximate surface area is 168 Å². The number of carbonyl (C=O) groups is 1. The van der Waals surface area contributed by atoms with Crippen molar-refractivity contribution in [3.05, 3.63) is 77.9 Å². The zero-order valence-corrected chi connectivity index (χ0v) is 15.6. The van der Waals surface area contributed by atoms with Crippen molar-refractivity contribution in [1.82, 2.24) is 5.32 Å². The number of carbonyl (C=O) groups excluding carboxylic acids is 1. The van der Waals surface area contributed by atoms with Gasteiger partial charge in [0.05, 0.1) is 6.54 Å². The molecule has 0 spiro atoms. The summed E-state index contributed by atoms with van der Waals surface area (Å²) in [4.78, 5) is 12.4. The number of hydrogen-bond acceptors (Lipinski definition) is 5. The molecule has 0 bridgehead atoms. The highest BCUT2D eigenvalue weighted by molar-refractivity contribution is 5.95. The van der Waals surface area contributed by atoms with E-state index in [-0.39, 0.29) is 18.8 Å². The predicted octanol–water partition coefficient (Wildman–Crippen LogP) is 3.94. The Bertz CT molecular complexity index is 1050. The normalized spacial score (nSPS) is 16.1. The third-order valence-electron chi connectivity index (χ3n) is 4.88. The second-order valence-electron chi connectivity index (χ2n) is 6.91. The summed E-state index contributed by atoms with van der Waals surface area (Å²) >= 11 is 0. The maximum absolute atomic E-state index is 12.4. The number of benzene rings is 3. The summed E-state index contributed by atoms with van der Waals surface area (Å²) in [6.07, 6.45) is 0.595. The second kappa shape index (κ2) is 7.39. The Kier molecular flexibility index (Phi) is 4.44. The molecule has 1 unspecified atom stereocenters. The molecule has 2 aliphatic heterocycles. The van der Waals surface area contributed by atoms with Gasteiger partial charge in [0.25, 0.3) is 5.91 Å². The fraction of sp³-hybridized carbons (Fsp3) is 0.174. The van der Waals surface area contributed by atoms with Crippen LogP contribution >= 0.6 is 0 Å². The first-order chi connectivity index (χ1) is 14.2. The van der Waals surface area contributed by atoms with Crippen molar-refractivity contribution in [2.75, 3.05) is 13.3 Å². The van der Waals surface area contributed by atoms with Crippen molar-refractivity contribution < 1.29 is 23.7 Å². The number of fused-ring (bicyclic) bond motifs is 2.